The minimum Gasteiger partial charge on any atom is -0.342 e. The first kappa shape index (κ1) is 13.6. The van der Waals surface area contributed by atoms with Gasteiger partial charge >= 0.3 is 0 Å². The number of carbonyl (C=O) groups is 1. The van der Waals surface area contributed by atoms with Crippen molar-refractivity contribution in [1.82, 2.24) is 14.5 Å². The first-order valence-electron chi connectivity index (χ1n) is 6.73. The number of hydrogen-bond donors (Lipinski definition) is 0. The number of hydrogen-bond acceptors (Lipinski definition) is 2. The second kappa shape index (κ2) is 5.43. The summed E-state index contributed by atoms with van der Waals surface area (Å²) >= 11 is 0. The largest absolute Gasteiger partial charge is 0.342 e. The lowest BCUT2D eigenvalue weighted by atomic mass is 10.1. The highest BCUT2D eigenvalue weighted by molar-refractivity contribution is 5.97. The van der Waals surface area contributed by atoms with E-state index in [1.165, 1.54) is 0 Å². The predicted molar refractivity (Wildman–Crippen MR) is 77.3 cm³/mol. The lowest BCUT2D eigenvalue weighted by Crippen LogP contribution is -2.27. The fourth-order valence-electron chi connectivity index (χ4n) is 2.17. The molecule has 1 aromatic carbocycles. The van der Waals surface area contributed by atoms with Gasteiger partial charge in [0, 0.05) is 26.2 Å². The zero-order chi connectivity index (χ0) is 14.0. The van der Waals surface area contributed by atoms with Gasteiger partial charge in [-0.3, -0.25) is 4.79 Å². The van der Waals surface area contributed by atoms with Crippen molar-refractivity contribution in [1.29, 1.82) is 0 Å². The van der Waals surface area contributed by atoms with Gasteiger partial charge in [-0.05, 0) is 31.5 Å². The second-order valence-corrected chi connectivity index (χ2v) is 5.00. The SMILES string of the molecule is CCCCN(C)C(=O)c1ccc2c(c1)nc(C)n2C. The number of unbranched alkanes of at least 4 members (excludes halogenated alkanes) is 1. The molecule has 0 unspecified atom stereocenters. The number of carbonyl (C=O) groups excluding carboxylic acids is 1. The van der Waals surface area contributed by atoms with Gasteiger partial charge in [0.25, 0.3) is 5.91 Å². The van der Waals surface area contributed by atoms with Crippen LogP contribution < -0.4 is 0 Å². The lowest BCUT2D eigenvalue weighted by Gasteiger charge is -2.16. The number of amides is 1. The third-order valence-electron chi connectivity index (χ3n) is 3.55. The minimum atomic E-state index is 0.0682. The van der Waals surface area contributed by atoms with Crippen molar-refractivity contribution in [2.45, 2.75) is 26.7 Å². The molecule has 0 saturated heterocycles. The van der Waals surface area contributed by atoms with Crippen LogP contribution in [0.5, 0.6) is 0 Å². The monoisotopic (exact) mass is 259 g/mol. The van der Waals surface area contributed by atoms with Crippen LogP contribution in [0.4, 0.5) is 0 Å². The first-order valence-corrected chi connectivity index (χ1v) is 6.73. The fraction of sp³-hybridized carbons (Fsp3) is 0.467. The van der Waals surface area contributed by atoms with Gasteiger partial charge < -0.3 is 9.47 Å². The quantitative estimate of drug-likeness (QED) is 0.846. The summed E-state index contributed by atoms with van der Waals surface area (Å²) in [5.74, 6) is 1.03. The van der Waals surface area contributed by atoms with Crippen LogP contribution >= 0.6 is 0 Å². The summed E-state index contributed by atoms with van der Waals surface area (Å²) in [5, 5.41) is 0. The Balaban J connectivity index is 2.28. The Bertz CT molecular complexity index is 601. The van der Waals surface area contributed by atoms with Crippen molar-refractivity contribution < 1.29 is 4.79 Å². The van der Waals surface area contributed by atoms with Crippen LogP contribution in [0.15, 0.2) is 18.2 Å². The van der Waals surface area contributed by atoms with Crippen LogP contribution in [-0.2, 0) is 7.05 Å². The van der Waals surface area contributed by atoms with Crippen molar-refractivity contribution in [3.05, 3.63) is 29.6 Å². The van der Waals surface area contributed by atoms with Gasteiger partial charge in [0.05, 0.1) is 11.0 Å². The van der Waals surface area contributed by atoms with Crippen molar-refractivity contribution in [3.8, 4) is 0 Å². The van der Waals surface area contributed by atoms with E-state index in [9.17, 15) is 4.79 Å². The smallest absolute Gasteiger partial charge is 0.253 e. The molecule has 2 aromatic rings. The molecular formula is C15H21N3O. The Morgan fingerprint density at radius 3 is 2.84 bits per heavy atom. The van der Waals surface area contributed by atoms with E-state index in [0.717, 1.165) is 36.2 Å². The van der Waals surface area contributed by atoms with Crippen LogP contribution in [0.2, 0.25) is 0 Å². The van der Waals surface area contributed by atoms with Gasteiger partial charge in [0.15, 0.2) is 0 Å². The van der Waals surface area contributed by atoms with E-state index < -0.39 is 0 Å². The molecular weight excluding hydrogens is 238 g/mol. The Morgan fingerprint density at radius 1 is 1.42 bits per heavy atom. The zero-order valence-corrected chi connectivity index (χ0v) is 12.1. The van der Waals surface area contributed by atoms with Gasteiger partial charge in [0.2, 0.25) is 0 Å². The summed E-state index contributed by atoms with van der Waals surface area (Å²) in [6, 6.07) is 5.73. The molecule has 4 nitrogen and oxygen atoms in total. The number of rotatable bonds is 4. The number of aromatic nitrogens is 2. The molecule has 102 valence electrons. The molecule has 0 aliphatic heterocycles. The molecule has 0 N–H and O–H groups in total. The third kappa shape index (κ3) is 2.62. The maximum Gasteiger partial charge on any atom is 0.253 e. The molecule has 1 heterocycles. The molecule has 4 heteroatoms. The lowest BCUT2D eigenvalue weighted by molar-refractivity contribution is 0.0793. The standard InChI is InChI=1S/C15H21N3O/c1-5-6-9-17(3)15(19)12-7-8-14-13(10-12)16-11(2)18(14)4/h7-8,10H,5-6,9H2,1-4H3. The predicted octanol–water partition coefficient (Wildman–Crippen LogP) is 2.75. The van der Waals surface area contributed by atoms with E-state index in [0.29, 0.717) is 5.56 Å². The van der Waals surface area contributed by atoms with Gasteiger partial charge in [0.1, 0.15) is 5.82 Å². The minimum absolute atomic E-state index is 0.0682. The zero-order valence-electron chi connectivity index (χ0n) is 12.1. The maximum atomic E-state index is 12.3. The van der Waals surface area contributed by atoms with E-state index in [2.05, 4.69) is 11.9 Å². The maximum absolute atomic E-state index is 12.3. The van der Waals surface area contributed by atoms with Crippen LogP contribution in [0.3, 0.4) is 0 Å². The van der Waals surface area contributed by atoms with Crippen molar-refractivity contribution >= 4 is 16.9 Å². The number of benzene rings is 1. The topological polar surface area (TPSA) is 38.1 Å². The van der Waals surface area contributed by atoms with Crippen molar-refractivity contribution in [2.75, 3.05) is 13.6 Å². The van der Waals surface area contributed by atoms with E-state index in [1.54, 1.807) is 4.90 Å². The Morgan fingerprint density at radius 2 is 2.16 bits per heavy atom. The Labute approximate surface area is 114 Å². The molecule has 2 rings (SSSR count). The summed E-state index contributed by atoms with van der Waals surface area (Å²) in [6.45, 7) is 4.89. The van der Waals surface area contributed by atoms with Gasteiger partial charge in [-0.1, -0.05) is 13.3 Å². The Kier molecular flexibility index (Phi) is 3.88. The van der Waals surface area contributed by atoms with E-state index in [4.69, 9.17) is 0 Å². The molecule has 19 heavy (non-hydrogen) atoms. The molecule has 0 saturated carbocycles. The molecule has 0 aliphatic rings. The highest BCUT2D eigenvalue weighted by atomic mass is 16.2. The highest BCUT2D eigenvalue weighted by Crippen LogP contribution is 2.17. The summed E-state index contributed by atoms with van der Waals surface area (Å²) in [4.78, 5) is 18.5. The van der Waals surface area contributed by atoms with E-state index in [-0.39, 0.29) is 5.91 Å². The molecule has 1 aromatic heterocycles. The fourth-order valence-corrected chi connectivity index (χ4v) is 2.17. The summed E-state index contributed by atoms with van der Waals surface area (Å²) < 4.78 is 2.03. The highest BCUT2D eigenvalue weighted by Gasteiger charge is 2.13. The van der Waals surface area contributed by atoms with Gasteiger partial charge in [-0.25, -0.2) is 4.98 Å². The molecule has 0 atom stereocenters. The van der Waals surface area contributed by atoms with Crippen LogP contribution in [0.25, 0.3) is 11.0 Å². The van der Waals surface area contributed by atoms with E-state index in [1.807, 2.05) is 43.8 Å². The van der Waals surface area contributed by atoms with Crippen molar-refractivity contribution in [2.24, 2.45) is 7.05 Å². The summed E-state index contributed by atoms with van der Waals surface area (Å²) in [5.41, 5.74) is 2.66. The molecule has 1 amide bonds. The number of nitrogens with zero attached hydrogens (tertiary/aromatic N) is 3. The van der Waals surface area contributed by atoms with E-state index >= 15 is 0 Å². The number of imidazole rings is 1. The second-order valence-electron chi connectivity index (χ2n) is 5.00. The molecule has 0 spiro atoms. The van der Waals surface area contributed by atoms with Crippen LogP contribution in [-0.4, -0.2) is 34.0 Å². The first-order chi connectivity index (χ1) is 9.04. The summed E-state index contributed by atoms with van der Waals surface area (Å²) in [7, 11) is 3.84. The number of fused-ring (bicyclic) bond motifs is 1. The molecule has 0 fully saturated rings. The Hall–Kier alpha value is -1.84. The molecule has 0 aliphatic carbocycles. The van der Waals surface area contributed by atoms with Crippen LogP contribution in [0, 0.1) is 6.92 Å². The molecule has 0 bridgehead atoms. The molecule has 0 radical (unpaired) electrons. The number of aryl methyl sites for hydroxylation is 2. The van der Waals surface area contributed by atoms with Crippen LogP contribution in [0.1, 0.15) is 35.9 Å². The normalized spacial score (nSPS) is 10.9. The third-order valence-corrected chi connectivity index (χ3v) is 3.55. The average Bonchev–Trinajstić information content (AvgIpc) is 2.70. The van der Waals surface area contributed by atoms with Gasteiger partial charge in [-0.2, -0.15) is 0 Å². The average molecular weight is 259 g/mol. The van der Waals surface area contributed by atoms with Crippen molar-refractivity contribution in [3.63, 3.8) is 0 Å². The summed E-state index contributed by atoms with van der Waals surface area (Å²) in [6.07, 6.45) is 2.13. The van der Waals surface area contributed by atoms with Gasteiger partial charge in [-0.15, -0.1) is 0 Å².